The van der Waals surface area contributed by atoms with Crippen LogP contribution in [0.4, 0.5) is 4.79 Å². The van der Waals surface area contributed by atoms with Gasteiger partial charge in [-0.1, -0.05) is 30.3 Å². The summed E-state index contributed by atoms with van der Waals surface area (Å²) in [5, 5.41) is 4.60. The van der Waals surface area contributed by atoms with E-state index in [2.05, 4.69) is 10.6 Å². The van der Waals surface area contributed by atoms with E-state index in [9.17, 15) is 19.2 Å². The molecule has 2 N–H and O–H groups in total. The molecule has 1 aliphatic carbocycles. The molecule has 0 bridgehead atoms. The summed E-state index contributed by atoms with van der Waals surface area (Å²) in [4.78, 5) is 48.7. The molecule has 0 aromatic heterocycles. The molecular formula is C17H19N3O5. The lowest BCUT2D eigenvalue weighted by Gasteiger charge is -2.26. The van der Waals surface area contributed by atoms with Crippen LogP contribution in [0.2, 0.25) is 0 Å². The van der Waals surface area contributed by atoms with E-state index in [0.29, 0.717) is 0 Å². The molecule has 2 fully saturated rings. The Balaban J connectivity index is 1.49. The lowest BCUT2D eigenvalue weighted by Crippen LogP contribution is -2.49. The minimum Gasteiger partial charge on any atom is -0.445 e. The third kappa shape index (κ3) is 4.34. The molecular weight excluding hydrogens is 326 g/mol. The van der Waals surface area contributed by atoms with Gasteiger partial charge in [0.25, 0.3) is 0 Å². The standard InChI is InChI=1S/C17H19N3O5/c21-14-8-13(16(23)19-14)20(12-6-7-12)15(22)9-18-17(24)25-10-11-4-2-1-3-5-11/h1-5,12-13H,6-10H2,(H,18,24)(H,19,21,23)/t13-/m1/s1. The van der Waals surface area contributed by atoms with Gasteiger partial charge >= 0.3 is 6.09 Å². The van der Waals surface area contributed by atoms with Crippen molar-refractivity contribution in [2.75, 3.05) is 6.54 Å². The molecule has 132 valence electrons. The average molecular weight is 345 g/mol. The highest BCUT2D eigenvalue weighted by Gasteiger charge is 2.44. The van der Waals surface area contributed by atoms with Crippen molar-refractivity contribution in [1.82, 2.24) is 15.5 Å². The SMILES string of the molecule is O=C1C[C@@H](N(C(=O)CNC(=O)OCc2ccccc2)C2CC2)C(=O)N1. The van der Waals surface area contributed by atoms with Crippen LogP contribution in [0.1, 0.15) is 24.8 Å². The van der Waals surface area contributed by atoms with Crippen molar-refractivity contribution in [3.05, 3.63) is 35.9 Å². The summed E-state index contributed by atoms with van der Waals surface area (Å²) in [5.41, 5.74) is 0.838. The van der Waals surface area contributed by atoms with Gasteiger partial charge in [-0.3, -0.25) is 19.7 Å². The minimum absolute atomic E-state index is 0.0282. The van der Waals surface area contributed by atoms with Crippen LogP contribution in [-0.2, 0) is 25.7 Å². The highest BCUT2D eigenvalue weighted by Crippen LogP contribution is 2.30. The second kappa shape index (κ2) is 7.33. The van der Waals surface area contributed by atoms with Crippen LogP contribution in [0.25, 0.3) is 0 Å². The first-order chi connectivity index (χ1) is 12.0. The van der Waals surface area contributed by atoms with Crippen LogP contribution < -0.4 is 10.6 Å². The van der Waals surface area contributed by atoms with Gasteiger partial charge in [-0.2, -0.15) is 0 Å². The molecule has 1 heterocycles. The number of hydrogen-bond acceptors (Lipinski definition) is 5. The van der Waals surface area contributed by atoms with Crippen LogP contribution in [0.15, 0.2) is 30.3 Å². The number of rotatable bonds is 6. The molecule has 25 heavy (non-hydrogen) atoms. The van der Waals surface area contributed by atoms with Crippen LogP contribution >= 0.6 is 0 Å². The Bertz CT molecular complexity index is 687. The Morgan fingerprint density at radius 1 is 1.20 bits per heavy atom. The number of benzene rings is 1. The van der Waals surface area contributed by atoms with Gasteiger partial charge in [0.05, 0.1) is 6.42 Å². The smallest absolute Gasteiger partial charge is 0.407 e. The van der Waals surface area contributed by atoms with Gasteiger partial charge < -0.3 is 15.0 Å². The maximum absolute atomic E-state index is 12.4. The Morgan fingerprint density at radius 3 is 2.52 bits per heavy atom. The lowest BCUT2D eigenvalue weighted by molar-refractivity contribution is -0.138. The Hall–Kier alpha value is -2.90. The van der Waals surface area contributed by atoms with Crippen LogP contribution in [0, 0.1) is 0 Å². The molecule has 1 aromatic carbocycles. The van der Waals surface area contributed by atoms with Gasteiger partial charge in [-0.05, 0) is 18.4 Å². The average Bonchev–Trinajstić information content (AvgIpc) is 3.37. The predicted molar refractivity (Wildman–Crippen MR) is 86.1 cm³/mol. The molecule has 0 spiro atoms. The molecule has 0 unspecified atom stereocenters. The number of carbonyl (C=O) groups excluding carboxylic acids is 4. The zero-order chi connectivity index (χ0) is 17.8. The zero-order valence-corrected chi connectivity index (χ0v) is 13.6. The molecule has 0 radical (unpaired) electrons. The second-order valence-electron chi connectivity index (χ2n) is 6.08. The van der Waals surface area contributed by atoms with Gasteiger partial charge in [0.2, 0.25) is 17.7 Å². The summed E-state index contributed by atoms with van der Waals surface area (Å²) >= 11 is 0. The molecule has 1 saturated heterocycles. The van der Waals surface area contributed by atoms with Crippen molar-refractivity contribution in [3.8, 4) is 0 Å². The van der Waals surface area contributed by atoms with E-state index in [1.807, 2.05) is 30.3 Å². The molecule has 1 saturated carbocycles. The Kier molecular flexibility index (Phi) is 4.97. The summed E-state index contributed by atoms with van der Waals surface area (Å²) < 4.78 is 5.04. The van der Waals surface area contributed by atoms with Gasteiger partial charge in [0.15, 0.2) is 0 Å². The van der Waals surface area contributed by atoms with Crippen molar-refractivity contribution in [1.29, 1.82) is 0 Å². The monoisotopic (exact) mass is 345 g/mol. The zero-order valence-electron chi connectivity index (χ0n) is 13.6. The van der Waals surface area contributed by atoms with Gasteiger partial charge in [-0.25, -0.2) is 4.79 Å². The molecule has 4 amide bonds. The Morgan fingerprint density at radius 2 is 1.92 bits per heavy atom. The molecule has 2 aliphatic rings. The summed E-state index contributed by atoms with van der Waals surface area (Å²) in [7, 11) is 0. The number of amides is 4. The van der Waals surface area contributed by atoms with E-state index in [4.69, 9.17) is 4.74 Å². The van der Waals surface area contributed by atoms with Crippen molar-refractivity contribution < 1.29 is 23.9 Å². The fourth-order valence-electron chi connectivity index (χ4n) is 2.76. The first-order valence-corrected chi connectivity index (χ1v) is 8.14. The lowest BCUT2D eigenvalue weighted by atomic mass is 10.2. The number of ether oxygens (including phenoxy) is 1. The van der Waals surface area contributed by atoms with Gasteiger partial charge in [0.1, 0.15) is 19.2 Å². The van der Waals surface area contributed by atoms with Gasteiger partial charge in [0, 0.05) is 6.04 Å². The van der Waals surface area contributed by atoms with E-state index in [-0.39, 0.29) is 31.5 Å². The predicted octanol–water partition coefficient (Wildman–Crippen LogP) is 0.319. The number of hydrogen-bond donors (Lipinski definition) is 2. The molecule has 1 aliphatic heterocycles. The van der Waals surface area contributed by atoms with E-state index in [0.717, 1.165) is 18.4 Å². The molecule has 8 heteroatoms. The van der Waals surface area contributed by atoms with E-state index in [1.165, 1.54) is 4.90 Å². The Labute approximate surface area is 144 Å². The first-order valence-electron chi connectivity index (χ1n) is 8.14. The fourth-order valence-corrected chi connectivity index (χ4v) is 2.76. The molecule has 8 nitrogen and oxygen atoms in total. The normalized spacial score (nSPS) is 19.3. The molecule has 1 aromatic rings. The van der Waals surface area contributed by atoms with Crippen molar-refractivity contribution in [3.63, 3.8) is 0 Å². The summed E-state index contributed by atoms with van der Waals surface area (Å²) in [6.07, 6.45) is 0.851. The summed E-state index contributed by atoms with van der Waals surface area (Å²) in [5.74, 6) is -1.24. The van der Waals surface area contributed by atoms with Crippen LogP contribution in [0.5, 0.6) is 0 Å². The van der Waals surface area contributed by atoms with E-state index in [1.54, 1.807) is 0 Å². The van der Waals surface area contributed by atoms with Crippen LogP contribution in [-0.4, -0.2) is 47.3 Å². The summed E-state index contributed by atoms with van der Waals surface area (Å²) in [6.45, 7) is -0.172. The topological polar surface area (TPSA) is 105 Å². The van der Waals surface area contributed by atoms with Crippen molar-refractivity contribution in [2.24, 2.45) is 0 Å². The summed E-state index contributed by atoms with van der Waals surface area (Å²) in [6, 6.07) is 8.35. The first kappa shape index (κ1) is 16.9. The largest absolute Gasteiger partial charge is 0.445 e. The number of nitrogens with one attached hydrogen (secondary N) is 2. The molecule has 3 rings (SSSR count). The quantitative estimate of drug-likeness (QED) is 0.723. The molecule has 1 atom stereocenters. The maximum Gasteiger partial charge on any atom is 0.407 e. The number of nitrogens with zero attached hydrogens (tertiary/aromatic N) is 1. The van der Waals surface area contributed by atoms with Crippen LogP contribution in [0.3, 0.4) is 0 Å². The minimum atomic E-state index is -0.783. The van der Waals surface area contributed by atoms with Crippen molar-refractivity contribution in [2.45, 2.75) is 38.0 Å². The third-order valence-corrected chi connectivity index (χ3v) is 4.10. The number of imide groups is 1. The fraction of sp³-hybridized carbons (Fsp3) is 0.412. The van der Waals surface area contributed by atoms with Crippen molar-refractivity contribution >= 4 is 23.8 Å². The van der Waals surface area contributed by atoms with E-state index >= 15 is 0 Å². The van der Waals surface area contributed by atoms with E-state index < -0.39 is 23.9 Å². The highest BCUT2D eigenvalue weighted by molar-refractivity contribution is 6.07. The highest BCUT2D eigenvalue weighted by atomic mass is 16.5. The maximum atomic E-state index is 12.4. The second-order valence-corrected chi connectivity index (χ2v) is 6.08. The number of carbonyl (C=O) groups is 4. The number of alkyl carbamates (subject to hydrolysis) is 1. The van der Waals surface area contributed by atoms with Gasteiger partial charge in [-0.15, -0.1) is 0 Å². The third-order valence-electron chi connectivity index (χ3n) is 4.10.